The summed E-state index contributed by atoms with van der Waals surface area (Å²) in [6.45, 7) is 0. The number of carbonyl (C=O) groups excluding carboxylic acids is 1. The van der Waals surface area contributed by atoms with Gasteiger partial charge in [-0.3, -0.25) is 9.59 Å². The van der Waals surface area contributed by atoms with Gasteiger partial charge >= 0.3 is 18.3 Å². The van der Waals surface area contributed by atoms with Crippen molar-refractivity contribution in [2.45, 2.75) is 37.2 Å². The largest absolute Gasteiger partial charge is 0.481 e. The zero-order chi connectivity index (χ0) is 27.4. The summed E-state index contributed by atoms with van der Waals surface area (Å²) < 4.78 is 80.8. The number of alkyl halides is 6. The number of benzene rings is 3. The van der Waals surface area contributed by atoms with E-state index < -0.39 is 46.5 Å². The van der Waals surface area contributed by atoms with E-state index in [1.165, 1.54) is 7.05 Å². The highest BCUT2D eigenvalue weighted by atomic mass is 19.4. The van der Waals surface area contributed by atoms with Crippen LogP contribution in [0.4, 0.5) is 26.3 Å². The highest BCUT2D eigenvalue weighted by Gasteiger charge is 2.43. The first-order chi connectivity index (χ1) is 17.3. The van der Waals surface area contributed by atoms with Crippen LogP contribution in [0.2, 0.25) is 0 Å². The van der Waals surface area contributed by atoms with Gasteiger partial charge in [-0.05, 0) is 42.2 Å². The summed E-state index contributed by atoms with van der Waals surface area (Å²) in [7, 11) is 1.29. The number of aliphatic carboxylic acids is 1. The predicted octanol–water partition coefficient (Wildman–Crippen LogP) is 6.99. The first-order valence-electron chi connectivity index (χ1n) is 11.2. The van der Waals surface area contributed by atoms with Crippen molar-refractivity contribution in [2.75, 3.05) is 7.05 Å². The maximum absolute atomic E-state index is 13.7. The van der Waals surface area contributed by atoms with Crippen LogP contribution in [0.1, 0.15) is 51.9 Å². The van der Waals surface area contributed by atoms with E-state index in [1.807, 2.05) is 0 Å². The minimum atomic E-state index is -5.12. The van der Waals surface area contributed by atoms with Gasteiger partial charge in [0.1, 0.15) is 0 Å². The van der Waals surface area contributed by atoms with E-state index in [9.17, 15) is 41.0 Å². The predicted molar refractivity (Wildman–Crippen MR) is 124 cm³/mol. The number of halogens is 6. The molecule has 3 rings (SSSR count). The van der Waals surface area contributed by atoms with E-state index in [0.717, 1.165) is 4.90 Å². The molecule has 0 aliphatic rings. The molecule has 0 aliphatic heterocycles. The summed E-state index contributed by atoms with van der Waals surface area (Å²) in [4.78, 5) is 26.0. The topological polar surface area (TPSA) is 57.6 Å². The molecular formula is C27H23F6NO3. The van der Waals surface area contributed by atoms with Crippen LogP contribution in [0.25, 0.3) is 0 Å². The zero-order valence-corrected chi connectivity index (χ0v) is 19.6. The van der Waals surface area contributed by atoms with Crippen LogP contribution in [0, 0.1) is 0 Å². The lowest BCUT2D eigenvalue weighted by Crippen LogP contribution is -2.48. The van der Waals surface area contributed by atoms with Crippen molar-refractivity contribution < 1.29 is 41.0 Å². The summed E-state index contributed by atoms with van der Waals surface area (Å²) in [5, 5.41) is 9.20. The fourth-order valence-electron chi connectivity index (χ4n) is 4.38. The first kappa shape index (κ1) is 27.8. The van der Waals surface area contributed by atoms with Crippen molar-refractivity contribution in [3.63, 3.8) is 0 Å². The van der Waals surface area contributed by atoms with Gasteiger partial charge in [0.25, 0.3) is 5.91 Å². The monoisotopic (exact) mass is 523 g/mol. The normalized spacial score (nSPS) is 12.3. The Kier molecular flexibility index (Phi) is 8.00. The number of carboxylic acids is 1. The second-order valence-corrected chi connectivity index (χ2v) is 8.50. The molecule has 1 amide bonds. The Hall–Kier alpha value is -3.82. The molecule has 0 heterocycles. The molecule has 3 aromatic carbocycles. The number of carboxylic acid groups (broad SMARTS) is 1. The molecular weight excluding hydrogens is 500 g/mol. The molecule has 0 spiro atoms. The van der Waals surface area contributed by atoms with Crippen molar-refractivity contribution >= 4 is 11.9 Å². The molecule has 0 aromatic heterocycles. The van der Waals surface area contributed by atoms with Crippen LogP contribution in [0.3, 0.4) is 0 Å². The average molecular weight is 523 g/mol. The third-order valence-electron chi connectivity index (χ3n) is 6.14. The van der Waals surface area contributed by atoms with E-state index in [1.54, 1.807) is 60.7 Å². The highest BCUT2D eigenvalue weighted by Crippen LogP contribution is 2.42. The lowest BCUT2D eigenvalue weighted by molar-refractivity contribution is -0.143. The summed E-state index contributed by atoms with van der Waals surface area (Å²) in [5.41, 5.74) is -4.35. The Morgan fingerprint density at radius 2 is 1.16 bits per heavy atom. The van der Waals surface area contributed by atoms with Gasteiger partial charge in [0.2, 0.25) is 0 Å². The van der Waals surface area contributed by atoms with Gasteiger partial charge < -0.3 is 10.0 Å². The third-order valence-corrected chi connectivity index (χ3v) is 6.14. The van der Waals surface area contributed by atoms with Gasteiger partial charge in [-0.2, -0.15) is 26.3 Å². The maximum atomic E-state index is 13.7. The van der Waals surface area contributed by atoms with Crippen molar-refractivity contribution in [2.24, 2.45) is 0 Å². The van der Waals surface area contributed by atoms with Crippen LogP contribution in [0.15, 0.2) is 78.9 Å². The SMILES string of the molecule is CN(C(=O)c1cc(C(F)(F)F)cc(C(F)(F)F)c1)C(CCCC(=O)O)(c1ccccc1)c1ccccc1. The Labute approximate surface area is 209 Å². The molecule has 0 atom stereocenters. The van der Waals surface area contributed by atoms with Crippen LogP contribution in [0.5, 0.6) is 0 Å². The molecule has 0 aliphatic carbocycles. The minimum absolute atomic E-state index is 0.0364. The standard InChI is InChI=1S/C27H23F6NO3/c1-34(24(37)18-15-21(26(28,29)30)17-22(16-18)27(31,32)33)25(14-8-13-23(35)36,19-9-4-2-5-10-19)20-11-6-3-7-12-20/h2-7,9-12,15-17H,8,13-14H2,1H3,(H,35,36). The second kappa shape index (κ2) is 10.7. The molecule has 10 heteroatoms. The lowest BCUT2D eigenvalue weighted by atomic mass is 9.77. The Balaban J connectivity index is 2.23. The fourth-order valence-corrected chi connectivity index (χ4v) is 4.38. The lowest BCUT2D eigenvalue weighted by Gasteiger charge is -2.43. The molecule has 3 aromatic rings. The van der Waals surface area contributed by atoms with Gasteiger partial charge in [0, 0.05) is 19.0 Å². The number of hydrogen-bond acceptors (Lipinski definition) is 2. The quantitative estimate of drug-likeness (QED) is 0.324. The van der Waals surface area contributed by atoms with Crippen LogP contribution in [-0.2, 0) is 22.7 Å². The molecule has 0 fully saturated rings. The van der Waals surface area contributed by atoms with Crippen molar-refractivity contribution in [1.82, 2.24) is 4.90 Å². The van der Waals surface area contributed by atoms with E-state index in [0.29, 0.717) is 23.3 Å². The van der Waals surface area contributed by atoms with Crippen molar-refractivity contribution in [3.05, 3.63) is 107 Å². The molecule has 0 radical (unpaired) electrons. The molecule has 4 nitrogen and oxygen atoms in total. The molecule has 1 N–H and O–H groups in total. The molecule has 0 unspecified atom stereocenters. The minimum Gasteiger partial charge on any atom is -0.481 e. The van der Waals surface area contributed by atoms with Gasteiger partial charge in [-0.15, -0.1) is 0 Å². The average Bonchev–Trinajstić information content (AvgIpc) is 2.85. The number of carbonyl (C=O) groups is 2. The fraction of sp³-hybridized carbons (Fsp3) is 0.259. The van der Waals surface area contributed by atoms with Gasteiger partial charge in [-0.1, -0.05) is 60.7 Å². The van der Waals surface area contributed by atoms with E-state index in [2.05, 4.69) is 0 Å². The summed E-state index contributed by atoms with van der Waals surface area (Å²) >= 11 is 0. The molecule has 0 saturated carbocycles. The number of rotatable bonds is 8. The molecule has 196 valence electrons. The van der Waals surface area contributed by atoms with Crippen LogP contribution < -0.4 is 0 Å². The van der Waals surface area contributed by atoms with E-state index >= 15 is 0 Å². The second-order valence-electron chi connectivity index (χ2n) is 8.50. The Bertz CT molecular complexity index is 1170. The number of hydrogen-bond donors (Lipinski definition) is 1. The van der Waals surface area contributed by atoms with E-state index in [-0.39, 0.29) is 25.3 Å². The summed E-state index contributed by atoms with van der Waals surface area (Å²) in [6.07, 6.45) is -10.4. The van der Waals surface area contributed by atoms with E-state index in [4.69, 9.17) is 0 Å². The summed E-state index contributed by atoms with van der Waals surface area (Å²) in [5.74, 6) is -2.17. The van der Waals surface area contributed by atoms with Gasteiger partial charge in [0.15, 0.2) is 0 Å². The molecule has 37 heavy (non-hydrogen) atoms. The third kappa shape index (κ3) is 6.12. The maximum Gasteiger partial charge on any atom is 0.416 e. The Morgan fingerprint density at radius 3 is 1.54 bits per heavy atom. The van der Waals surface area contributed by atoms with Crippen LogP contribution >= 0.6 is 0 Å². The first-order valence-corrected chi connectivity index (χ1v) is 11.2. The molecule has 0 saturated heterocycles. The van der Waals surface area contributed by atoms with Crippen LogP contribution in [-0.4, -0.2) is 28.9 Å². The highest BCUT2D eigenvalue weighted by molar-refractivity contribution is 5.95. The van der Waals surface area contributed by atoms with Crippen molar-refractivity contribution in [3.8, 4) is 0 Å². The Morgan fingerprint density at radius 1 is 0.730 bits per heavy atom. The van der Waals surface area contributed by atoms with Crippen molar-refractivity contribution in [1.29, 1.82) is 0 Å². The zero-order valence-electron chi connectivity index (χ0n) is 19.6. The molecule has 0 bridgehead atoms. The number of nitrogens with zero attached hydrogens (tertiary/aromatic N) is 1. The smallest absolute Gasteiger partial charge is 0.416 e. The van der Waals surface area contributed by atoms with Gasteiger partial charge in [0.05, 0.1) is 16.7 Å². The number of amides is 1. The summed E-state index contributed by atoms with van der Waals surface area (Å²) in [6, 6.07) is 17.6. The van der Waals surface area contributed by atoms with Gasteiger partial charge in [-0.25, -0.2) is 0 Å².